The van der Waals surface area contributed by atoms with Gasteiger partial charge in [-0.25, -0.2) is 4.68 Å². The number of piperidine rings is 1. The Morgan fingerprint density at radius 3 is 2.78 bits per heavy atom. The maximum atomic E-state index is 12.8. The monoisotopic (exact) mass is 483 g/mol. The Morgan fingerprint density at radius 2 is 2.03 bits per heavy atom. The number of aromatic nitrogens is 4. The molecule has 1 unspecified atom stereocenters. The molecule has 3 amide bonds. The van der Waals surface area contributed by atoms with Crippen molar-refractivity contribution < 1.29 is 19.1 Å². The smallest absolute Gasteiger partial charge is 0.263 e. The van der Waals surface area contributed by atoms with Crippen molar-refractivity contribution in [2.75, 3.05) is 11.9 Å². The van der Waals surface area contributed by atoms with E-state index in [9.17, 15) is 19.6 Å². The first-order valence-corrected chi connectivity index (χ1v) is 11.2. The van der Waals surface area contributed by atoms with Gasteiger partial charge in [-0.2, -0.15) is 15.5 Å². The summed E-state index contributed by atoms with van der Waals surface area (Å²) in [6.07, 6.45) is 2.01. The van der Waals surface area contributed by atoms with Crippen LogP contribution in [-0.2, 0) is 21.4 Å². The van der Waals surface area contributed by atoms with Gasteiger partial charge < -0.3 is 10.1 Å². The molecule has 1 atom stereocenters. The molecule has 5 rings (SSSR count). The quantitative estimate of drug-likeness (QED) is 0.400. The molecule has 11 heteroatoms. The minimum absolute atomic E-state index is 0.217. The molecule has 0 radical (unpaired) electrons. The van der Waals surface area contributed by atoms with E-state index in [2.05, 4.69) is 20.8 Å². The first-order valence-electron chi connectivity index (χ1n) is 11.2. The largest absolute Gasteiger partial charge is 0.481 e. The van der Waals surface area contributed by atoms with Crippen molar-refractivity contribution in [2.24, 2.45) is 7.05 Å². The van der Waals surface area contributed by atoms with Crippen LogP contribution in [0.4, 0.5) is 5.82 Å². The third-order valence-electron chi connectivity index (χ3n) is 5.93. The lowest BCUT2D eigenvalue weighted by molar-refractivity contribution is -0.134. The highest BCUT2D eigenvalue weighted by atomic mass is 16.5. The maximum absolute atomic E-state index is 12.8. The number of hydrogen-bond donors (Lipinski definition) is 2. The van der Waals surface area contributed by atoms with Gasteiger partial charge >= 0.3 is 0 Å². The average Bonchev–Trinajstić information content (AvgIpc) is 3.44. The van der Waals surface area contributed by atoms with Gasteiger partial charge in [0.1, 0.15) is 22.9 Å². The fraction of sp³-hybridized carbons (Fsp3) is 0.200. The molecule has 4 aromatic rings. The zero-order chi connectivity index (χ0) is 25.2. The number of imide groups is 1. The molecule has 3 heterocycles. The minimum Gasteiger partial charge on any atom is -0.481 e. The van der Waals surface area contributed by atoms with Crippen molar-refractivity contribution in [1.29, 1.82) is 5.26 Å². The summed E-state index contributed by atoms with van der Waals surface area (Å²) in [5, 5.41) is 24.0. The molecule has 36 heavy (non-hydrogen) atoms. The van der Waals surface area contributed by atoms with Gasteiger partial charge in [-0.15, -0.1) is 0 Å². The number of nitrogens with one attached hydrogen (secondary N) is 2. The van der Waals surface area contributed by atoms with E-state index in [0.717, 1.165) is 0 Å². The van der Waals surface area contributed by atoms with Crippen LogP contribution in [0.1, 0.15) is 30.0 Å². The van der Waals surface area contributed by atoms with Gasteiger partial charge in [-0.3, -0.25) is 24.4 Å². The molecule has 2 aromatic carbocycles. The van der Waals surface area contributed by atoms with Crippen LogP contribution >= 0.6 is 0 Å². The van der Waals surface area contributed by atoms with Gasteiger partial charge in [-0.1, -0.05) is 30.3 Å². The Balaban J connectivity index is 1.36. The van der Waals surface area contributed by atoms with Gasteiger partial charge in [0.25, 0.3) is 5.91 Å². The highest BCUT2D eigenvalue weighted by Gasteiger charge is 2.32. The SMILES string of the molecule is Cn1nc(C2CCC(=O)NC2=O)c2cccc(OCC(=O)Nc3c(C#N)cnn3-c3ccccc3)c21. The molecular formula is C25H21N7O4. The molecule has 0 saturated carbocycles. The zero-order valence-corrected chi connectivity index (χ0v) is 19.3. The Kier molecular flexibility index (Phi) is 5.92. The number of nitriles is 1. The zero-order valence-electron chi connectivity index (χ0n) is 19.3. The van der Waals surface area contributed by atoms with Crippen molar-refractivity contribution in [1.82, 2.24) is 24.9 Å². The molecule has 2 N–H and O–H groups in total. The number of anilines is 1. The summed E-state index contributed by atoms with van der Waals surface area (Å²) in [5.74, 6) is -1.04. The highest BCUT2D eigenvalue weighted by Crippen LogP contribution is 2.34. The summed E-state index contributed by atoms with van der Waals surface area (Å²) in [7, 11) is 1.72. The predicted molar refractivity (Wildman–Crippen MR) is 128 cm³/mol. The standard InChI is InChI=1S/C25H21N7O4/c1-31-23-17(22(30-31)18-10-11-20(33)29-25(18)35)8-5-9-19(23)36-14-21(34)28-24-15(12-26)13-27-32(24)16-6-3-2-4-7-16/h2-9,13,18H,10-11,14H2,1H3,(H,28,34)(H,29,33,35). The summed E-state index contributed by atoms with van der Waals surface area (Å²) in [6.45, 7) is -0.330. The van der Waals surface area contributed by atoms with Gasteiger partial charge in [-0.05, 0) is 24.6 Å². The number of nitrogens with zero attached hydrogens (tertiary/aromatic N) is 5. The van der Waals surface area contributed by atoms with Crippen LogP contribution in [0.5, 0.6) is 5.75 Å². The van der Waals surface area contributed by atoms with E-state index in [0.29, 0.717) is 34.5 Å². The number of benzene rings is 2. The number of aryl methyl sites for hydroxylation is 1. The average molecular weight is 483 g/mol. The summed E-state index contributed by atoms with van der Waals surface area (Å²) in [5.41, 5.74) is 2.08. The van der Waals surface area contributed by atoms with Crippen molar-refractivity contribution in [3.05, 3.63) is 66.0 Å². The van der Waals surface area contributed by atoms with Crippen LogP contribution in [0.3, 0.4) is 0 Å². The minimum atomic E-state index is -0.548. The van der Waals surface area contributed by atoms with E-state index in [1.165, 1.54) is 10.9 Å². The van der Waals surface area contributed by atoms with E-state index < -0.39 is 11.8 Å². The molecular weight excluding hydrogens is 462 g/mol. The molecule has 2 aromatic heterocycles. The van der Waals surface area contributed by atoms with Crippen LogP contribution in [-0.4, -0.2) is 43.9 Å². The molecule has 1 saturated heterocycles. The van der Waals surface area contributed by atoms with Crippen molar-refractivity contribution in [3.63, 3.8) is 0 Å². The first-order chi connectivity index (χ1) is 17.5. The number of hydrogen-bond acceptors (Lipinski definition) is 7. The Morgan fingerprint density at radius 1 is 1.22 bits per heavy atom. The van der Waals surface area contributed by atoms with Crippen LogP contribution in [0.2, 0.25) is 0 Å². The summed E-state index contributed by atoms with van der Waals surface area (Å²) in [4.78, 5) is 36.7. The van der Waals surface area contributed by atoms with Gasteiger partial charge in [0.2, 0.25) is 11.8 Å². The summed E-state index contributed by atoms with van der Waals surface area (Å²) >= 11 is 0. The third kappa shape index (κ3) is 4.16. The maximum Gasteiger partial charge on any atom is 0.263 e. The molecule has 0 aliphatic carbocycles. The second kappa shape index (κ2) is 9.34. The molecule has 1 fully saturated rings. The van der Waals surface area contributed by atoms with Crippen molar-refractivity contribution in [2.45, 2.75) is 18.8 Å². The van der Waals surface area contributed by atoms with Crippen molar-refractivity contribution >= 4 is 34.4 Å². The number of fused-ring (bicyclic) bond motifs is 1. The van der Waals surface area contributed by atoms with Gasteiger partial charge in [0, 0.05) is 18.9 Å². The topological polar surface area (TPSA) is 144 Å². The number of amides is 3. The number of para-hydroxylation sites is 2. The molecule has 180 valence electrons. The van der Waals surface area contributed by atoms with E-state index in [-0.39, 0.29) is 36.2 Å². The Hall–Kier alpha value is -4.98. The van der Waals surface area contributed by atoms with E-state index in [1.54, 1.807) is 23.9 Å². The molecule has 1 aliphatic heterocycles. The summed E-state index contributed by atoms with van der Waals surface area (Å²) in [6, 6.07) is 16.5. The number of rotatable bonds is 6. The van der Waals surface area contributed by atoms with Crippen molar-refractivity contribution in [3.8, 4) is 17.5 Å². The second-order valence-electron chi connectivity index (χ2n) is 8.27. The number of ether oxygens (including phenoxy) is 1. The van der Waals surface area contributed by atoms with Gasteiger partial charge in [0.05, 0.1) is 23.5 Å². The highest BCUT2D eigenvalue weighted by molar-refractivity contribution is 6.03. The van der Waals surface area contributed by atoms with E-state index >= 15 is 0 Å². The lowest BCUT2D eigenvalue weighted by atomic mass is 9.93. The van der Waals surface area contributed by atoms with Crippen LogP contribution in [0.15, 0.2) is 54.7 Å². The molecule has 11 nitrogen and oxygen atoms in total. The number of carbonyl (C=O) groups excluding carboxylic acids is 3. The van der Waals surface area contributed by atoms with Crippen LogP contribution in [0, 0.1) is 11.3 Å². The molecule has 0 spiro atoms. The van der Waals surface area contributed by atoms with Crippen LogP contribution in [0.25, 0.3) is 16.6 Å². The normalized spacial score (nSPS) is 15.4. The molecule has 0 bridgehead atoms. The fourth-order valence-corrected chi connectivity index (χ4v) is 4.28. The van der Waals surface area contributed by atoms with E-state index in [1.807, 2.05) is 42.5 Å². The Labute approximate surface area is 205 Å². The van der Waals surface area contributed by atoms with Gasteiger partial charge in [0.15, 0.2) is 12.4 Å². The third-order valence-corrected chi connectivity index (χ3v) is 5.93. The fourth-order valence-electron chi connectivity index (χ4n) is 4.28. The molecule has 1 aliphatic rings. The lowest BCUT2D eigenvalue weighted by Gasteiger charge is -2.19. The Bertz CT molecular complexity index is 1530. The first kappa shape index (κ1) is 22.8. The summed E-state index contributed by atoms with van der Waals surface area (Å²) < 4.78 is 8.91. The predicted octanol–water partition coefficient (Wildman–Crippen LogP) is 2.17. The van der Waals surface area contributed by atoms with Crippen LogP contribution < -0.4 is 15.4 Å². The lowest BCUT2D eigenvalue weighted by Crippen LogP contribution is -2.39. The van der Waals surface area contributed by atoms with E-state index in [4.69, 9.17) is 4.74 Å². The number of carbonyl (C=O) groups is 3. The second-order valence-corrected chi connectivity index (χ2v) is 8.27.